The highest BCUT2D eigenvalue weighted by molar-refractivity contribution is 14.0. The summed E-state index contributed by atoms with van der Waals surface area (Å²) < 4.78 is 5.54. The van der Waals surface area contributed by atoms with Gasteiger partial charge < -0.3 is 15.4 Å². The quantitative estimate of drug-likeness (QED) is 0.361. The molecule has 0 aliphatic carbocycles. The third-order valence-electron chi connectivity index (χ3n) is 3.39. The summed E-state index contributed by atoms with van der Waals surface area (Å²) in [7, 11) is 1.71. The number of aliphatic imine (C=N–C) groups is 1. The zero-order valence-electron chi connectivity index (χ0n) is 14.8. The van der Waals surface area contributed by atoms with Gasteiger partial charge in [0, 0.05) is 17.8 Å². The van der Waals surface area contributed by atoms with E-state index in [1.165, 1.54) is 5.56 Å². The van der Waals surface area contributed by atoms with Crippen molar-refractivity contribution in [2.45, 2.75) is 31.9 Å². The summed E-state index contributed by atoms with van der Waals surface area (Å²) >= 11 is 1.83. The van der Waals surface area contributed by atoms with E-state index in [4.69, 9.17) is 4.74 Å². The van der Waals surface area contributed by atoms with Crippen molar-refractivity contribution in [3.63, 3.8) is 0 Å². The lowest BCUT2D eigenvalue weighted by molar-refractivity contribution is 0.409. The highest BCUT2D eigenvalue weighted by atomic mass is 127. The first-order valence-electron chi connectivity index (χ1n) is 7.71. The lowest BCUT2D eigenvalue weighted by Crippen LogP contribution is -2.39. The van der Waals surface area contributed by atoms with E-state index in [-0.39, 0.29) is 28.7 Å². The fourth-order valence-electron chi connectivity index (χ4n) is 1.90. The van der Waals surface area contributed by atoms with E-state index in [1.54, 1.807) is 7.11 Å². The molecule has 1 aromatic carbocycles. The number of benzene rings is 1. The van der Waals surface area contributed by atoms with Crippen molar-refractivity contribution in [2.75, 3.05) is 33.0 Å². The Labute approximate surface area is 162 Å². The van der Waals surface area contributed by atoms with E-state index in [0.717, 1.165) is 37.8 Å². The minimum atomic E-state index is 0. The number of guanidine groups is 1. The van der Waals surface area contributed by atoms with Crippen LogP contribution >= 0.6 is 35.7 Å². The zero-order chi connectivity index (χ0) is 16.4. The van der Waals surface area contributed by atoms with Crippen molar-refractivity contribution in [1.82, 2.24) is 10.6 Å². The summed E-state index contributed by atoms with van der Waals surface area (Å²) in [5.41, 5.74) is 1.21. The normalized spacial score (nSPS) is 11.6. The second-order valence-corrected chi connectivity index (χ2v) is 7.16. The molecule has 0 saturated carbocycles. The van der Waals surface area contributed by atoms with E-state index in [2.05, 4.69) is 48.7 Å². The third kappa shape index (κ3) is 8.69. The number of para-hydroxylation sites is 1. The van der Waals surface area contributed by atoms with E-state index in [0.29, 0.717) is 0 Å². The maximum Gasteiger partial charge on any atom is 0.191 e. The number of hydrogen-bond donors (Lipinski definition) is 2. The van der Waals surface area contributed by atoms with Crippen molar-refractivity contribution < 1.29 is 4.74 Å². The fourth-order valence-corrected chi connectivity index (χ4v) is 2.09. The van der Waals surface area contributed by atoms with E-state index in [9.17, 15) is 0 Å². The molecule has 132 valence electrons. The monoisotopic (exact) mass is 451 g/mol. The highest BCUT2D eigenvalue weighted by Gasteiger charge is 2.15. The van der Waals surface area contributed by atoms with Crippen LogP contribution in [-0.4, -0.2) is 43.7 Å². The van der Waals surface area contributed by atoms with Gasteiger partial charge in [-0.3, -0.25) is 4.99 Å². The second kappa shape index (κ2) is 11.8. The van der Waals surface area contributed by atoms with Crippen LogP contribution < -0.4 is 15.4 Å². The molecule has 0 unspecified atom stereocenters. The Bertz CT molecular complexity index is 481. The fraction of sp³-hybridized carbons (Fsp3) is 0.588. The maximum absolute atomic E-state index is 5.38. The molecular formula is C17H30IN3OS. The molecule has 2 N–H and O–H groups in total. The first-order chi connectivity index (χ1) is 10.5. The summed E-state index contributed by atoms with van der Waals surface area (Å²) in [6.07, 6.45) is 3.03. The van der Waals surface area contributed by atoms with Crippen LogP contribution in [0.3, 0.4) is 0 Å². The first kappa shape index (κ1) is 22.4. The molecule has 0 bridgehead atoms. The number of nitrogens with one attached hydrogen (secondary N) is 2. The van der Waals surface area contributed by atoms with Crippen LogP contribution in [-0.2, 0) is 6.42 Å². The zero-order valence-corrected chi connectivity index (χ0v) is 18.0. The SMILES string of the molecule is CCNC(=NCC(C)(C)SC)NCCc1ccccc1OC.I. The van der Waals surface area contributed by atoms with Gasteiger partial charge in [-0.1, -0.05) is 18.2 Å². The predicted octanol–water partition coefficient (Wildman–Crippen LogP) is 3.55. The van der Waals surface area contributed by atoms with Gasteiger partial charge in [-0.2, -0.15) is 11.8 Å². The Kier molecular flexibility index (Phi) is 11.5. The Morgan fingerprint density at radius 2 is 1.96 bits per heavy atom. The van der Waals surface area contributed by atoms with Gasteiger partial charge in [0.1, 0.15) is 5.75 Å². The van der Waals surface area contributed by atoms with Crippen molar-refractivity contribution >= 4 is 41.7 Å². The first-order valence-corrected chi connectivity index (χ1v) is 8.94. The molecular weight excluding hydrogens is 421 g/mol. The molecule has 0 atom stereocenters. The van der Waals surface area contributed by atoms with Crippen LogP contribution in [0, 0.1) is 0 Å². The van der Waals surface area contributed by atoms with Crippen molar-refractivity contribution in [3.8, 4) is 5.75 Å². The van der Waals surface area contributed by atoms with Crippen molar-refractivity contribution in [2.24, 2.45) is 4.99 Å². The number of methoxy groups -OCH3 is 1. The van der Waals surface area contributed by atoms with Gasteiger partial charge in [-0.25, -0.2) is 0 Å². The topological polar surface area (TPSA) is 45.7 Å². The van der Waals surface area contributed by atoms with E-state index < -0.39 is 0 Å². The molecule has 0 fully saturated rings. The highest BCUT2D eigenvalue weighted by Crippen LogP contribution is 2.21. The molecule has 0 aliphatic rings. The Morgan fingerprint density at radius 3 is 2.57 bits per heavy atom. The molecule has 1 rings (SSSR count). The molecule has 1 aromatic rings. The molecule has 0 radical (unpaired) electrons. The Balaban J connectivity index is 0.00000484. The summed E-state index contributed by atoms with van der Waals surface area (Å²) in [6.45, 7) is 8.97. The molecule has 23 heavy (non-hydrogen) atoms. The lowest BCUT2D eigenvalue weighted by Gasteiger charge is -2.20. The standard InChI is InChI=1S/C17H29N3OS.HI/c1-6-18-16(20-13-17(2,3)22-5)19-12-11-14-9-7-8-10-15(14)21-4;/h7-10H,6,11-13H2,1-5H3,(H2,18,19,20);1H. The van der Waals surface area contributed by atoms with Gasteiger partial charge in [0.25, 0.3) is 0 Å². The number of rotatable bonds is 8. The second-order valence-electron chi connectivity index (χ2n) is 5.65. The molecule has 0 saturated heterocycles. The van der Waals surface area contributed by atoms with Crippen LogP contribution in [0.1, 0.15) is 26.3 Å². The van der Waals surface area contributed by atoms with Crippen LogP contribution in [0.4, 0.5) is 0 Å². The van der Waals surface area contributed by atoms with Gasteiger partial charge in [0.05, 0.1) is 13.7 Å². The van der Waals surface area contributed by atoms with Crippen LogP contribution in [0.2, 0.25) is 0 Å². The third-order valence-corrected chi connectivity index (χ3v) is 4.63. The maximum atomic E-state index is 5.38. The van der Waals surface area contributed by atoms with Crippen LogP contribution in [0.5, 0.6) is 5.75 Å². The molecule has 4 nitrogen and oxygen atoms in total. The van der Waals surface area contributed by atoms with Gasteiger partial charge in [0.2, 0.25) is 0 Å². The van der Waals surface area contributed by atoms with Crippen LogP contribution in [0.15, 0.2) is 29.3 Å². The number of hydrogen-bond acceptors (Lipinski definition) is 3. The van der Waals surface area contributed by atoms with Crippen LogP contribution in [0.25, 0.3) is 0 Å². The summed E-state index contributed by atoms with van der Waals surface area (Å²) in [5.74, 6) is 1.81. The number of ether oxygens (including phenoxy) is 1. The van der Waals surface area contributed by atoms with E-state index >= 15 is 0 Å². The van der Waals surface area contributed by atoms with Gasteiger partial charge in [-0.05, 0) is 45.1 Å². The molecule has 0 spiro atoms. The minimum absolute atomic E-state index is 0. The minimum Gasteiger partial charge on any atom is -0.496 e. The number of nitrogens with zero attached hydrogens (tertiary/aromatic N) is 1. The molecule has 0 heterocycles. The van der Waals surface area contributed by atoms with Gasteiger partial charge >= 0.3 is 0 Å². The summed E-state index contributed by atoms with van der Waals surface area (Å²) in [6, 6.07) is 8.13. The summed E-state index contributed by atoms with van der Waals surface area (Å²) in [5, 5.41) is 6.68. The Hall–Kier alpha value is -0.630. The van der Waals surface area contributed by atoms with Gasteiger partial charge in [-0.15, -0.1) is 24.0 Å². The van der Waals surface area contributed by atoms with E-state index in [1.807, 2.05) is 30.0 Å². The molecule has 6 heteroatoms. The molecule has 0 amide bonds. The predicted molar refractivity (Wildman–Crippen MR) is 114 cm³/mol. The van der Waals surface area contributed by atoms with Crippen molar-refractivity contribution in [3.05, 3.63) is 29.8 Å². The lowest BCUT2D eigenvalue weighted by atomic mass is 10.1. The summed E-state index contributed by atoms with van der Waals surface area (Å²) in [4.78, 5) is 4.67. The smallest absolute Gasteiger partial charge is 0.191 e. The average Bonchev–Trinajstić information content (AvgIpc) is 2.53. The number of halogens is 1. The molecule has 0 aromatic heterocycles. The average molecular weight is 451 g/mol. The largest absolute Gasteiger partial charge is 0.496 e. The van der Waals surface area contributed by atoms with Gasteiger partial charge in [0.15, 0.2) is 5.96 Å². The Morgan fingerprint density at radius 1 is 1.26 bits per heavy atom. The molecule has 0 aliphatic heterocycles. The van der Waals surface area contributed by atoms with Crippen molar-refractivity contribution in [1.29, 1.82) is 0 Å². The number of thioether (sulfide) groups is 1.